The van der Waals surface area contributed by atoms with Crippen molar-refractivity contribution in [3.63, 3.8) is 0 Å². The lowest BCUT2D eigenvalue weighted by Gasteiger charge is -2.11. The van der Waals surface area contributed by atoms with E-state index in [0.717, 1.165) is 16.8 Å². The van der Waals surface area contributed by atoms with Gasteiger partial charge in [0.2, 0.25) is 0 Å². The first kappa shape index (κ1) is 11.9. The van der Waals surface area contributed by atoms with Crippen LogP contribution in [0.15, 0.2) is 48.5 Å². The first-order valence-corrected chi connectivity index (χ1v) is 5.87. The molecule has 0 heterocycles. The fourth-order valence-corrected chi connectivity index (χ4v) is 1.90. The quantitative estimate of drug-likeness (QED) is 0.811. The van der Waals surface area contributed by atoms with E-state index in [1.54, 1.807) is 0 Å². The molecule has 3 N–H and O–H groups in total. The molecule has 0 unspecified atom stereocenters. The Hall–Kier alpha value is -1.58. The number of benzene rings is 2. The van der Waals surface area contributed by atoms with Gasteiger partial charge in [0.05, 0.1) is 0 Å². The van der Waals surface area contributed by atoms with E-state index in [-0.39, 0.29) is 5.11 Å². The Balaban J connectivity index is 2.50. The Kier molecular flexibility index (Phi) is 3.61. The van der Waals surface area contributed by atoms with Crippen LogP contribution in [-0.4, -0.2) is 5.11 Å². The van der Waals surface area contributed by atoms with Crippen LogP contribution in [0.25, 0.3) is 11.1 Å². The SMILES string of the molecule is NC(=S)Nc1cc(Cl)ccc1-c1ccccc1. The second-order valence-corrected chi connectivity index (χ2v) is 4.42. The van der Waals surface area contributed by atoms with Gasteiger partial charge in [-0.2, -0.15) is 0 Å². The van der Waals surface area contributed by atoms with Crippen molar-refractivity contribution in [3.05, 3.63) is 53.6 Å². The van der Waals surface area contributed by atoms with E-state index in [4.69, 9.17) is 29.6 Å². The summed E-state index contributed by atoms with van der Waals surface area (Å²) in [5.41, 5.74) is 8.42. The van der Waals surface area contributed by atoms with Crippen molar-refractivity contribution < 1.29 is 0 Å². The first-order valence-electron chi connectivity index (χ1n) is 5.08. The molecule has 0 radical (unpaired) electrons. The highest BCUT2D eigenvalue weighted by molar-refractivity contribution is 7.80. The van der Waals surface area contributed by atoms with E-state index in [1.807, 2.05) is 48.5 Å². The summed E-state index contributed by atoms with van der Waals surface area (Å²) in [6.07, 6.45) is 0. The maximum absolute atomic E-state index is 5.96. The van der Waals surface area contributed by atoms with Gasteiger partial charge in [-0.1, -0.05) is 48.0 Å². The minimum Gasteiger partial charge on any atom is -0.376 e. The average Bonchev–Trinajstić information content (AvgIpc) is 2.29. The van der Waals surface area contributed by atoms with E-state index in [0.29, 0.717) is 5.02 Å². The average molecular weight is 263 g/mol. The molecule has 0 aliphatic heterocycles. The van der Waals surface area contributed by atoms with E-state index in [9.17, 15) is 0 Å². The molecule has 4 heteroatoms. The summed E-state index contributed by atoms with van der Waals surface area (Å²) < 4.78 is 0. The summed E-state index contributed by atoms with van der Waals surface area (Å²) in [6, 6.07) is 15.6. The van der Waals surface area contributed by atoms with Crippen molar-refractivity contribution >= 4 is 34.6 Å². The lowest BCUT2D eigenvalue weighted by molar-refractivity contribution is 1.57. The summed E-state index contributed by atoms with van der Waals surface area (Å²) in [5, 5.41) is 3.81. The van der Waals surface area contributed by atoms with Crippen molar-refractivity contribution in [1.82, 2.24) is 0 Å². The van der Waals surface area contributed by atoms with Gasteiger partial charge in [-0.3, -0.25) is 0 Å². The molecule has 0 atom stereocenters. The zero-order valence-corrected chi connectivity index (χ0v) is 10.6. The summed E-state index contributed by atoms with van der Waals surface area (Å²) in [7, 11) is 0. The zero-order valence-electron chi connectivity index (χ0n) is 8.98. The lowest BCUT2D eigenvalue weighted by Crippen LogP contribution is -2.19. The van der Waals surface area contributed by atoms with Crippen molar-refractivity contribution in [2.75, 3.05) is 5.32 Å². The van der Waals surface area contributed by atoms with Crippen LogP contribution in [-0.2, 0) is 0 Å². The van der Waals surface area contributed by atoms with Crippen LogP contribution in [0.5, 0.6) is 0 Å². The molecule has 0 fully saturated rings. The van der Waals surface area contributed by atoms with Crippen LogP contribution in [0.1, 0.15) is 0 Å². The summed E-state index contributed by atoms with van der Waals surface area (Å²) >= 11 is 10.8. The van der Waals surface area contributed by atoms with E-state index >= 15 is 0 Å². The third kappa shape index (κ3) is 2.96. The number of nitrogens with two attached hydrogens (primary N) is 1. The van der Waals surface area contributed by atoms with Gasteiger partial charge in [-0.25, -0.2) is 0 Å². The molecule has 2 nitrogen and oxygen atoms in total. The molecule has 0 aromatic heterocycles. The molecule has 0 saturated heterocycles. The fourth-order valence-electron chi connectivity index (χ4n) is 1.62. The smallest absolute Gasteiger partial charge is 0.168 e. The van der Waals surface area contributed by atoms with Crippen molar-refractivity contribution in [2.24, 2.45) is 5.73 Å². The van der Waals surface area contributed by atoms with Crippen molar-refractivity contribution in [3.8, 4) is 11.1 Å². The molecule has 0 saturated carbocycles. The Morgan fingerprint density at radius 3 is 2.47 bits per heavy atom. The molecule has 17 heavy (non-hydrogen) atoms. The predicted octanol–water partition coefficient (Wildman–Crippen LogP) is 3.66. The number of halogens is 1. The Labute approximate surface area is 110 Å². The van der Waals surface area contributed by atoms with Crippen LogP contribution in [0.2, 0.25) is 5.02 Å². The second kappa shape index (κ2) is 5.17. The Morgan fingerprint density at radius 1 is 1.12 bits per heavy atom. The lowest BCUT2D eigenvalue weighted by atomic mass is 10.0. The molecule has 0 aliphatic carbocycles. The van der Waals surface area contributed by atoms with Crippen molar-refractivity contribution in [1.29, 1.82) is 0 Å². The summed E-state index contributed by atoms with van der Waals surface area (Å²) in [6.45, 7) is 0. The van der Waals surface area contributed by atoms with Gasteiger partial charge >= 0.3 is 0 Å². The Morgan fingerprint density at radius 2 is 1.82 bits per heavy atom. The van der Waals surface area contributed by atoms with Gasteiger partial charge < -0.3 is 11.1 Å². The number of rotatable bonds is 2. The standard InChI is InChI=1S/C13H11ClN2S/c14-10-6-7-11(9-4-2-1-3-5-9)12(8-10)16-13(15)17/h1-8H,(H3,15,16,17). The molecule has 0 spiro atoms. The van der Waals surface area contributed by atoms with Crippen LogP contribution in [0.4, 0.5) is 5.69 Å². The van der Waals surface area contributed by atoms with Crippen LogP contribution in [0, 0.1) is 0 Å². The zero-order chi connectivity index (χ0) is 12.3. The van der Waals surface area contributed by atoms with Gasteiger partial charge in [0.25, 0.3) is 0 Å². The van der Waals surface area contributed by atoms with Gasteiger partial charge in [0.15, 0.2) is 5.11 Å². The second-order valence-electron chi connectivity index (χ2n) is 3.55. The maximum Gasteiger partial charge on any atom is 0.168 e. The van der Waals surface area contributed by atoms with Gasteiger partial charge in [0, 0.05) is 16.3 Å². The first-order chi connectivity index (χ1) is 8.16. The number of hydrogen-bond acceptors (Lipinski definition) is 1. The normalized spacial score (nSPS) is 9.94. The third-order valence-corrected chi connectivity index (χ3v) is 2.66. The fraction of sp³-hybridized carbons (Fsp3) is 0. The molecular formula is C13H11ClN2S. The molecule has 2 aromatic carbocycles. The van der Waals surface area contributed by atoms with Gasteiger partial charge in [-0.05, 0) is 29.9 Å². The van der Waals surface area contributed by atoms with Crippen LogP contribution < -0.4 is 11.1 Å². The van der Waals surface area contributed by atoms with E-state index in [1.165, 1.54) is 0 Å². The molecular weight excluding hydrogens is 252 g/mol. The minimum absolute atomic E-state index is 0.226. The summed E-state index contributed by atoms with van der Waals surface area (Å²) in [5.74, 6) is 0. The van der Waals surface area contributed by atoms with Crippen LogP contribution >= 0.6 is 23.8 Å². The molecule has 86 valence electrons. The molecule has 0 aliphatic rings. The van der Waals surface area contributed by atoms with Gasteiger partial charge in [-0.15, -0.1) is 0 Å². The highest BCUT2D eigenvalue weighted by atomic mass is 35.5. The number of hydrogen-bond donors (Lipinski definition) is 2. The number of anilines is 1. The monoisotopic (exact) mass is 262 g/mol. The van der Waals surface area contributed by atoms with Crippen LogP contribution in [0.3, 0.4) is 0 Å². The highest BCUT2D eigenvalue weighted by Crippen LogP contribution is 2.30. The third-order valence-electron chi connectivity index (χ3n) is 2.32. The summed E-state index contributed by atoms with van der Waals surface area (Å²) in [4.78, 5) is 0. The minimum atomic E-state index is 0.226. The largest absolute Gasteiger partial charge is 0.376 e. The number of thiocarbonyl (C=S) groups is 1. The van der Waals surface area contributed by atoms with E-state index < -0.39 is 0 Å². The molecule has 2 rings (SSSR count). The molecule has 2 aromatic rings. The Bertz CT molecular complexity index is 540. The number of nitrogens with one attached hydrogen (secondary N) is 1. The highest BCUT2D eigenvalue weighted by Gasteiger charge is 2.06. The predicted molar refractivity (Wildman–Crippen MR) is 77.3 cm³/mol. The topological polar surface area (TPSA) is 38.0 Å². The van der Waals surface area contributed by atoms with Crippen molar-refractivity contribution in [2.45, 2.75) is 0 Å². The molecule has 0 bridgehead atoms. The van der Waals surface area contributed by atoms with Gasteiger partial charge in [0.1, 0.15) is 0 Å². The maximum atomic E-state index is 5.96. The molecule has 0 amide bonds. The van der Waals surface area contributed by atoms with E-state index in [2.05, 4.69) is 5.32 Å².